The molecule has 1 aromatic carbocycles. The Labute approximate surface area is 230 Å². The molecule has 4 rings (SSSR count). The second kappa shape index (κ2) is 14.3. The van der Waals surface area contributed by atoms with Crippen molar-refractivity contribution >= 4 is 34.4 Å². The van der Waals surface area contributed by atoms with Crippen molar-refractivity contribution in [3.63, 3.8) is 0 Å². The first-order valence-electron chi connectivity index (χ1n) is 13.5. The molecule has 2 heterocycles. The van der Waals surface area contributed by atoms with Crippen LogP contribution in [-0.4, -0.2) is 44.0 Å². The van der Waals surface area contributed by atoms with Gasteiger partial charge in [-0.25, -0.2) is 9.97 Å². The smallest absolute Gasteiger partial charge is 0.303 e. The normalized spacial score (nSPS) is 13.9. The number of anilines is 1. The lowest BCUT2D eigenvalue weighted by Gasteiger charge is -2.15. The standard InChI is InChI=1S/C22H28ClN5O3.C6H13N/c1-13(2)19-20-21(28(3)27-19)22(26-17(25-20)7-5-6-8-18(29)30)24-12-14-9-10-16(31-4)15(23)11-14;7-6-4-2-1-3-5-6/h9-11,13H,5-8,12H2,1-4H3,(H,29,30)(H,24,25,26);6H,1-5,7H2. The lowest BCUT2D eigenvalue weighted by molar-refractivity contribution is -0.137. The number of hydrogen-bond acceptors (Lipinski definition) is 7. The van der Waals surface area contributed by atoms with E-state index < -0.39 is 5.97 Å². The Morgan fingerprint density at radius 2 is 1.97 bits per heavy atom. The van der Waals surface area contributed by atoms with Crippen LogP contribution in [0.5, 0.6) is 5.75 Å². The molecule has 0 bridgehead atoms. The molecular weight excluding hydrogens is 504 g/mol. The second-order valence-electron chi connectivity index (χ2n) is 10.2. The summed E-state index contributed by atoms with van der Waals surface area (Å²) in [4.78, 5) is 20.3. The van der Waals surface area contributed by atoms with Crippen molar-refractivity contribution in [1.29, 1.82) is 0 Å². The number of carboxylic acid groups (broad SMARTS) is 1. The summed E-state index contributed by atoms with van der Waals surface area (Å²) in [5, 5.41) is 17.5. The van der Waals surface area contributed by atoms with Crippen molar-refractivity contribution in [3.8, 4) is 5.75 Å². The Morgan fingerprint density at radius 3 is 2.55 bits per heavy atom. The fourth-order valence-corrected chi connectivity index (χ4v) is 4.85. The molecule has 9 nitrogen and oxygen atoms in total. The van der Waals surface area contributed by atoms with E-state index in [9.17, 15) is 4.79 Å². The van der Waals surface area contributed by atoms with Crippen LogP contribution < -0.4 is 15.8 Å². The first kappa shape index (κ1) is 29.6. The zero-order valence-corrected chi connectivity index (χ0v) is 23.7. The molecule has 0 saturated heterocycles. The van der Waals surface area contributed by atoms with Crippen molar-refractivity contribution in [3.05, 3.63) is 40.3 Å². The zero-order valence-electron chi connectivity index (χ0n) is 23.0. The van der Waals surface area contributed by atoms with Gasteiger partial charge in [-0.15, -0.1) is 0 Å². The van der Waals surface area contributed by atoms with Gasteiger partial charge in [0.1, 0.15) is 22.6 Å². The molecule has 0 atom stereocenters. The average molecular weight is 545 g/mol. The van der Waals surface area contributed by atoms with Crippen LogP contribution in [-0.2, 0) is 24.8 Å². The van der Waals surface area contributed by atoms with Crippen molar-refractivity contribution in [2.24, 2.45) is 12.8 Å². The Kier molecular flexibility index (Phi) is 11.2. The van der Waals surface area contributed by atoms with Gasteiger partial charge in [0.15, 0.2) is 5.82 Å². The monoisotopic (exact) mass is 544 g/mol. The lowest BCUT2D eigenvalue weighted by atomic mass is 9.97. The Bertz CT molecular complexity index is 1210. The molecule has 2 aromatic heterocycles. The van der Waals surface area contributed by atoms with Gasteiger partial charge in [0, 0.05) is 32.5 Å². The number of halogens is 1. The number of nitrogens with one attached hydrogen (secondary N) is 1. The van der Waals surface area contributed by atoms with Crippen LogP contribution in [0.3, 0.4) is 0 Å². The topological polar surface area (TPSA) is 128 Å². The zero-order chi connectivity index (χ0) is 27.7. The Morgan fingerprint density at radius 1 is 1.24 bits per heavy atom. The van der Waals surface area contributed by atoms with Gasteiger partial charge in [-0.3, -0.25) is 9.48 Å². The highest BCUT2D eigenvalue weighted by Crippen LogP contribution is 2.29. The maximum atomic E-state index is 10.8. The molecule has 3 aromatic rings. The third-order valence-electron chi connectivity index (χ3n) is 6.67. The molecular formula is C28H41ClN6O3. The molecule has 1 aliphatic carbocycles. The molecule has 0 unspecified atom stereocenters. The summed E-state index contributed by atoms with van der Waals surface area (Å²) in [6, 6.07) is 6.19. The van der Waals surface area contributed by atoms with E-state index in [2.05, 4.69) is 24.3 Å². The SMILES string of the molecule is COc1ccc(CNc2nc(CCCCC(=O)O)nc3c(C(C)C)nn(C)c23)cc1Cl.NC1CCCCC1. The molecule has 0 radical (unpaired) electrons. The van der Waals surface area contributed by atoms with E-state index in [1.807, 2.05) is 29.9 Å². The van der Waals surface area contributed by atoms with E-state index in [0.717, 1.165) is 22.3 Å². The van der Waals surface area contributed by atoms with Gasteiger partial charge in [0.2, 0.25) is 0 Å². The number of nitrogens with two attached hydrogens (primary N) is 1. The molecule has 208 valence electrons. The van der Waals surface area contributed by atoms with Crippen LogP contribution >= 0.6 is 11.6 Å². The Balaban J connectivity index is 0.000000494. The predicted octanol–water partition coefficient (Wildman–Crippen LogP) is 5.84. The van der Waals surface area contributed by atoms with E-state index in [1.165, 1.54) is 32.1 Å². The van der Waals surface area contributed by atoms with E-state index in [-0.39, 0.29) is 12.3 Å². The third-order valence-corrected chi connectivity index (χ3v) is 6.96. The minimum Gasteiger partial charge on any atom is -0.495 e. The van der Waals surface area contributed by atoms with Gasteiger partial charge in [-0.1, -0.05) is 50.8 Å². The molecule has 4 N–H and O–H groups in total. The fraction of sp³-hybridized carbons (Fsp3) is 0.571. The van der Waals surface area contributed by atoms with Gasteiger partial charge in [-0.05, 0) is 49.3 Å². The van der Waals surface area contributed by atoms with Crippen molar-refractivity contribution < 1.29 is 14.6 Å². The number of nitrogens with zero attached hydrogens (tertiary/aromatic N) is 4. The number of carbonyl (C=O) groups is 1. The highest BCUT2D eigenvalue weighted by atomic mass is 35.5. The van der Waals surface area contributed by atoms with Crippen molar-refractivity contribution in [2.75, 3.05) is 12.4 Å². The number of unbranched alkanes of at least 4 members (excludes halogenated alkanes) is 1. The second-order valence-corrected chi connectivity index (χ2v) is 10.6. The summed E-state index contributed by atoms with van der Waals surface area (Å²) in [5.74, 6) is 1.44. The minimum atomic E-state index is -0.786. The third kappa shape index (κ3) is 8.30. The summed E-state index contributed by atoms with van der Waals surface area (Å²) >= 11 is 6.25. The number of rotatable bonds is 10. The molecule has 10 heteroatoms. The van der Waals surface area contributed by atoms with Crippen LogP contribution in [0.1, 0.15) is 88.2 Å². The van der Waals surface area contributed by atoms with Crippen molar-refractivity contribution in [2.45, 2.75) is 90.1 Å². The molecule has 0 aliphatic heterocycles. The van der Waals surface area contributed by atoms with E-state index in [4.69, 9.17) is 37.1 Å². The highest BCUT2D eigenvalue weighted by molar-refractivity contribution is 6.32. The first-order chi connectivity index (χ1) is 18.2. The van der Waals surface area contributed by atoms with Gasteiger partial charge in [-0.2, -0.15) is 5.10 Å². The van der Waals surface area contributed by atoms with Crippen LogP contribution in [0.25, 0.3) is 11.0 Å². The van der Waals surface area contributed by atoms with E-state index in [0.29, 0.717) is 54.3 Å². The number of ether oxygens (including phenoxy) is 1. The number of benzene rings is 1. The number of aromatic nitrogens is 4. The quantitative estimate of drug-likeness (QED) is 0.272. The number of fused-ring (bicyclic) bond motifs is 1. The first-order valence-corrected chi connectivity index (χ1v) is 13.8. The Hall–Kier alpha value is -2.91. The van der Waals surface area contributed by atoms with Crippen LogP contribution in [0.4, 0.5) is 5.82 Å². The molecule has 38 heavy (non-hydrogen) atoms. The molecule has 0 amide bonds. The summed E-state index contributed by atoms with van der Waals surface area (Å²) in [6.45, 7) is 4.70. The average Bonchev–Trinajstić information content (AvgIpc) is 3.23. The maximum absolute atomic E-state index is 10.8. The van der Waals surface area contributed by atoms with E-state index in [1.54, 1.807) is 7.11 Å². The largest absolute Gasteiger partial charge is 0.495 e. The van der Waals surface area contributed by atoms with Gasteiger partial charge >= 0.3 is 5.97 Å². The summed E-state index contributed by atoms with van der Waals surface area (Å²) in [7, 11) is 3.48. The molecule has 1 aliphatic rings. The summed E-state index contributed by atoms with van der Waals surface area (Å²) in [5.41, 5.74) is 9.22. The van der Waals surface area contributed by atoms with Crippen LogP contribution in [0, 0.1) is 0 Å². The number of aryl methyl sites for hydroxylation is 2. The fourth-order valence-electron chi connectivity index (χ4n) is 4.57. The maximum Gasteiger partial charge on any atom is 0.303 e. The van der Waals surface area contributed by atoms with Gasteiger partial charge < -0.3 is 20.9 Å². The number of methoxy groups -OCH3 is 1. The van der Waals surface area contributed by atoms with E-state index >= 15 is 0 Å². The molecule has 1 fully saturated rings. The van der Waals surface area contributed by atoms with Crippen molar-refractivity contribution in [1.82, 2.24) is 19.7 Å². The number of hydrogen-bond donors (Lipinski definition) is 3. The summed E-state index contributed by atoms with van der Waals surface area (Å²) in [6.07, 6.45) is 8.72. The van der Waals surface area contributed by atoms with Crippen LogP contribution in [0.2, 0.25) is 5.02 Å². The molecule has 0 spiro atoms. The number of aliphatic carboxylic acids is 1. The minimum absolute atomic E-state index is 0.149. The van der Waals surface area contributed by atoms with Gasteiger partial charge in [0.25, 0.3) is 0 Å². The highest BCUT2D eigenvalue weighted by Gasteiger charge is 2.19. The molecule has 1 saturated carbocycles. The lowest BCUT2D eigenvalue weighted by Crippen LogP contribution is -2.22. The summed E-state index contributed by atoms with van der Waals surface area (Å²) < 4.78 is 7.02. The van der Waals surface area contributed by atoms with Crippen LogP contribution in [0.15, 0.2) is 18.2 Å². The number of carboxylic acids is 1. The predicted molar refractivity (Wildman–Crippen MR) is 152 cm³/mol. The van der Waals surface area contributed by atoms with Gasteiger partial charge in [0.05, 0.1) is 17.8 Å².